The molecule has 2 aliphatic rings. The SMILES string of the molecule is O=C1CCCN1[C@@H]1C[C@H](c2ccccc2)Nc2ccccc21. The molecule has 4 rings (SSSR count). The van der Waals surface area contributed by atoms with E-state index in [2.05, 4.69) is 58.7 Å². The van der Waals surface area contributed by atoms with Crippen molar-refractivity contribution in [2.45, 2.75) is 31.3 Å². The molecule has 112 valence electrons. The molecule has 0 aliphatic carbocycles. The molecule has 0 aromatic heterocycles. The smallest absolute Gasteiger partial charge is 0.223 e. The highest BCUT2D eigenvalue weighted by Gasteiger charge is 2.35. The Morgan fingerprint density at radius 2 is 1.77 bits per heavy atom. The van der Waals surface area contributed by atoms with Crippen LogP contribution >= 0.6 is 0 Å². The molecular formula is C19H20N2O. The maximum Gasteiger partial charge on any atom is 0.223 e. The highest BCUT2D eigenvalue weighted by molar-refractivity contribution is 5.79. The van der Waals surface area contributed by atoms with Gasteiger partial charge in [-0.3, -0.25) is 4.79 Å². The minimum absolute atomic E-state index is 0.192. The second-order valence-corrected chi connectivity index (χ2v) is 6.14. The number of anilines is 1. The van der Waals surface area contributed by atoms with Crippen LogP contribution in [0.15, 0.2) is 54.6 Å². The number of hydrogen-bond donors (Lipinski definition) is 1. The Bertz CT molecular complexity index is 683. The standard InChI is InChI=1S/C19H20N2O/c22-19-11-6-12-21(19)18-13-17(14-7-2-1-3-8-14)20-16-10-5-4-9-15(16)18/h1-5,7-10,17-18,20H,6,11-13H2/t17-,18-/m1/s1. The third kappa shape index (κ3) is 2.27. The van der Waals surface area contributed by atoms with Crippen LogP contribution in [0.2, 0.25) is 0 Å². The van der Waals surface area contributed by atoms with Crippen LogP contribution in [-0.4, -0.2) is 17.4 Å². The Morgan fingerprint density at radius 3 is 2.55 bits per heavy atom. The van der Waals surface area contributed by atoms with E-state index in [1.165, 1.54) is 11.1 Å². The maximum absolute atomic E-state index is 12.2. The van der Waals surface area contributed by atoms with Gasteiger partial charge in [-0.15, -0.1) is 0 Å². The van der Waals surface area contributed by atoms with Crippen molar-refractivity contribution in [3.63, 3.8) is 0 Å². The van der Waals surface area contributed by atoms with E-state index in [1.54, 1.807) is 0 Å². The van der Waals surface area contributed by atoms with Crippen LogP contribution in [0.1, 0.15) is 42.5 Å². The van der Waals surface area contributed by atoms with E-state index in [4.69, 9.17) is 0 Å². The average molecular weight is 292 g/mol. The number of hydrogen-bond acceptors (Lipinski definition) is 2. The summed E-state index contributed by atoms with van der Waals surface area (Å²) >= 11 is 0. The number of rotatable bonds is 2. The number of para-hydroxylation sites is 1. The molecule has 1 amide bonds. The van der Waals surface area contributed by atoms with Gasteiger partial charge < -0.3 is 10.2 Å². The Kier molecular flexibility index (Phi) is 3.34. The van der Waals surface area contributed by atoms with Crippen LogP contribution in [0.25, 0.3) is 0 Å². The minimum atomic E-state index is 0.192. The summed E-state index contributed by atoms with van der Waals surface area (Å²) in [6.45, 7) is 0.888. The van der Waals surface area contributed by atoms with E-state index in [0.29, 0.717) is 12.3 Å². The summed E-state index contributed by atoms with van der Waals surface area (Å²) in [4.78, 5) is 14.3. The highest BCUT2D eigenvalue weighted by atomic mass is 16.2. The molecule has 0 spiro atoms. The Labute approximate surface area is 131 Å². The van der Waals surface area contributed by atoms with Crippen LogP contribution in [0, 0.1) is 0 Å². The molecule has 1 saturated heterocycles. The zero-order valence-electron chi connectivity index (χ0n) is 12.5. The van der Waals surface area contributed by atoms with E-state index in [1.807, 2.05) is 6.07 Å². The first-order valence-electron chi connectivity index (χ1n) is 8.03. The quantitative estimate of drug-likeness (QED) is 0.910. The van der Waals surface area contributed by atoms with Crippen molar-refractivity contribution in [3.05, 3.63) is 65.7 Å². The fraction of sp³-hybridized carbons (Fsp3) is 0.316. The molecule has 3 nitrogen and oxygen atoms in total. The second kappa shape index (κ2) is 5.48. The number of carbonyl (C=O) groups excluding carboxylic acids is 1. The predicted octanol–water partition coefficient (Wildman–Crippen LogP) is 3.91. The van der Waals surface area contributed by atoms with E-state index in [-0.39, 0.29) is 12.1 Å². The van der Waals surface area contributed by atoms with E-state index in [0.717, 1.165) is 25.1 Å². The van der Waals surface area contributed by atoms with E-state index in [9.17, 15) is 4.79 Å². The van der Waals surface area contributed by atoms with Crippen LogP contribution < -0.4 is 5.32 Å². The normalized spacial score (nSPS) is 24.0. The molecule has 2 aromatic carbocycles. The number of carbonyl (C=O) groups is 1. The number of nitrogens with zero attached hydrogens (tertiary/aromatic N) is 1. The van der Waals surface area contributed by atoms with E-state index >= 15 is 0 Å². The van der Waals surface area contributed by atoms with Gasteiger partial charge in [-0.2, -0.15) is 0 Å². The van der Waals surface area contributed by atoms with Crippen LogP contribution in [-0.2, 0) is 4.79 Å². The second-order valence-electron chi connectivity index (χ2n) is 6.14. The summed E-state index contributed by atoms with van der Waals surface area (Å²) in [7, 11) is 0. The zero-order chi connectivity index (χ0) is 14.9. The summed E-state index contributed by atoms with van der Waals surface area (Å²) in [5.74, 6) is 0.300. The number of nitrogens with one attached hydrogen (secondary N) is 1. The van der Waals surface area contributed by atoms with Crippen molar-refractivity contribution >= 4 is 11.6 Å². The molecule has 2 aliphatic heterocycles. The van der Waals surface area contributed by atoms with Gasteiger partial charge in [-0.1, -0.05) is 48.5 Å². The topological polar surface area (TPSA) is 32.3 Å². The lowest BCUT2D eigenvalue weighted by Crippen LogP contribution is -2.35. The number of fused-ring (bicyclic) bond motifs is 1. The van der Waals surface area contributed by atoms with Gasteiger partial charge in [-0.05, 0) is 30.0 Å². The third-order valence-electron chi connectivity index (χ3n) is 4.80. The van der Waals surface area contributed by atoms with Gasteiger partial charge in [0, 0.05) is 18.7 Å². The lowest BCUT2D eigenvalue weighted by atomic mass is 9.88. The summed E-state index contributed by atoms with van der Waals surface area (Å²) in [6.07, 6.45) is 2.62. The molecule has 0 unspecified atom stereocenters. The van der Waals surface area contributed by atoms with Crippen molar-refractivity contribution in [2.75, 3.05) is 11.9 Å². The minimum Gasteiger partial charge on any atom is -0.378 e. The molecule has 1 N–H and O–H groups in total. The fourth-order valence-electron chi connectivity index (χ4n) is 3.71. The summed E-state index contributed by atoms with van der Waals surface area (Å²) in [6, 6.07) is 19.4. The zero-order valence-corrected chi connectivity index (χ0v) is 12.5. The summed E-state index contributed by atoms with van der Waals surface area (Å²) < 4.78 is 0. The van der Waals surface area contributed by atoms with Crippen molar-refractivity contribution in [1.82, 2.24) is 4.90 Å². The molecule has 22 heavy (non-hydrogen) atoms. The van der Waals surface area contributed by atoms with E-state index < -0.39 is 0 Å². The van der Waals surface area contributed by atoms with Gasteiger partial charge >= 0.3 is 0 Å². The Morgan fingerprint density at radius 1 is 1.00 bits per heavy atom. The van der Waals surface area contributed by atoms with Gasteiger partial charge in [0.25, 0.3) is 0 Å². The van der Waals surface area contributed by atoms with Crippen molar-refractivity contribution in [2.24, 2.45) is 0 Å². The van der Waals surface area contributed by atoms with Crippen LogP contribution in [0.3, 0.4) is 0 Å². The lowest BCUT2D eigenvalue weighted by Gasteiger charge is -2.38. The van der Waals surface area contributed by atoms with Crippen molar-refractivity contribution < 1.29 is 4.79 Å². The highest BCUT2D eigenvalue weighted by Crippen LogP contribution is 2.43. The molecule has 0 bridgehead atoms. The average Bonchev–Trinajstić information content (AvgIpc) is 3.00. The summed E-state index contributed by atoms with van der Waals surface area (Å²) in [5, 5.41) is 3.64. The predicted molar refractivity (Wildman–Crippen MR) is 87.6 cm³/mol. The van der Waals surface area contributed by atoms with Gasteiger partial charge in [0.15, 0.2) is 0 Å². The lowest BCUT2D eigenvalue weighted by molar-refractivity contribution is -0.130. The van der Waals surface area contributed by atoms with Crippen LogP contribution in [0.4, 0.5) is 5.69 Å². The molecule has 0 saturated carbocycles. The molecule has 2 atom stereocenters. The third-order valence-corrected chi connectivity index (χ3v) is 4.80. The molecule has 1 fully saturated rings. The molecule has 3 heteroatoms. The molecule has 2 aromatic rings. The Hall–Kier alpha value is -2.29. The van der Waals surface area contributed by atoms with Gasteiger partial charge in [0.2, 0.25) is 5.91 Å². The Balaban J connectivity index is 1.72. The first kappa shape index (κ1) is 13.4. The first-order chi connectivity index (χ1) is 10.8. The van der Waals surface area contributed by atoms with Crippen molar-refractivity contribution in [3.8, 4) is 0 Å². The van der Waals surface area contributed by atoms with Gasteiger partial charge in [-0.25, -0.2) is 0 Å². The largest absolute Gasteiger partial charge is 0.378 e. The van der Waals surface area contributed by atoms with Crippen molar-refractivity contribution in [1.29, 1.82) is 0 Å². The summed E-state index contributed by atoms with van der Waals surface area (Å²) in [5.41, 5.74) is 3.70. The van der Waals surface area contributed by atoms with Gasteiger partial charge in [0.05, 0.1) is 12.1 Å². The number of benzene rings is 2. The maximum atomic E-state index is 12.2. The van der Waals surface area contributed by atoms with Gasteiger partial charge in [0.1, 0.15) is 0 Å². The number of amides is 1. The number of likely N-dealkylation sites (tertiary alicyclic amines) is 1. The molecule has 2 heterocycles. The van der Waals surface area contributed by atoms with Crippen LogP contribution in [0.5, 0.6) is 0 Å². The molecule has 0 radical (unpaired) electrons. The molecular weight excluding hydrogens is 272 g/mol. The first-order valence-corrected chi connectivity index (χ1v) is 8.03. The fourth-order valence-corrected chi connectivity index (χ4v) is 3.71. The monoisotopic (exact) mass is 292 g/mol.